The zero-order valence-electron chi connectivity index (χ0n) is 9.06. The molecule has 0 bridgehead atoms. The summed E-state index contributed by atoms with van der Waals surface area (Å²) >= 11 is 3.15. The lowest BCUT2D eigenvalue weighted by Crippen LogP contribution is -2.19. The number of pyridine rings is 1. The summed E-state index contributed by atoms with van der Waals surface area (Å²) < 4.78 is 5.86. The average molecular weight is 302 g/mol. The second kappa shape index (κ2) is 5.42. The Morgan fingerprint density at radius 1 is 1.71 bits per heavy atom. The van der Waals surface area contributed by atoms with Crippen LogP contribution in [-0.4, -0.2) is 29.2 Å². The summed E-state index contributed by atoms with van der Waals surface area (Å²) in [7, 11) is 0. The van der Waals surface area contributed by atoms with Crippen molar-refractivity contribution >= 4 is 27.4 Å². The van der Waals surface area contributed by atoms with Crippen LogP contribution in [0.25, 0.3) is 0 Å². The van der Waals surface area contributed by atoms with Crippen molar-refractivity contribution in [2.45, 2.75) is 18.9 Å². The van der Waals surface area contributed by atoms with Gasteiger partial charge in [0.25, 0.3) is 0 Å². The van der Waals surface area contributed by atoms with Crippen LogP contribution in [0.5, 0.6) is 0 Å². The van der Waals surface area contributed by atoms with Crippen molar-refractivity contribution in [3.63, 3.8) is 0 Å². The summed E-state index contributed by atoms with van der Waals surface area (Å²) in [5.41, 5.74) is -0.0366. The maximum absolute atomic E-state index is 10.9. The Labute approximate surface area is 107 Å². The first-order valence-corrected chi connectivity index (χ1v) is 6.12. The highest BCUT2D eigenvalue weighted by Crippen LogP contribution is 2.30. The van der Waals surface area contributed by atoms with E-state index in [1.165, 1.54) is 6.20 Å². The lowest BCUT2D eigenvalue weighted by molar-refractivity contribution is -0.385. The standard InChI is InChI=1S/C10H12BrN3O3/c11-8-3-4-12-10(9(8)14(15)16)13-6-7-2-1-5-17-7/h3-4,7H,1-2,5-6H2,(H,12,13). The summed E-state index contributed by atoms with van der Waals surface area (Å²) in [5, 5.41) is 13.9. The van der Waals surface area contributed by atoms with E-state index in [4.69, 9.17) is 4.74 Å². The molecule has 6 nitrogen and oxygen atoms in total. The number of nitrogens with one attached hydrogen (secondary N) is 1. The van der Waals surface area contributed by atoms with Gasteiger partial charge in [0.1, 0.15) is 4.47 Å². The Bertz CT molecular complexity index is 421. The molecule has 2 heterocycles. The minimum absolute atomic E-state index is 0.0366. The van der Waals surface area contributed by atoms with Crippen LogP contribution in [0.4, 0.5) is 11.5 Å². The van der Waals surface area contributed by atoms with E-state index in [9.17, 15) is 10.1 Å². The molecule has 7 heteroatoms. The number of hydrogen-bond donors (Lipinski definition) is 1. The van der Waals surface area contributed by atoms with Crippen LogP contribution >= 0.6 is 15.9 Å². The van der Waals surface area contributed by atoms with E-state index in [2.05, 4.69) is 26.2 Å². The number of ether oxygens (including phenoxy) is 1. The van der Waals surface area contributed by atoms with Gasteiger partial charge in [-0.1, -0.05) is 0 Å². The van der Waals surface area contributed by atoms with Gasteiger partial charge in [-0.3, -0.25) is 10.1 Å². The summed E-state index contributed by atoms with van der Waals surface area (Å²) in [6.45, 7) is 1.31. The smallest absolute Gasteiger partial charge is 0.325 e. The van der Waals surface area contributed by atoms with E-state index in [0.29, 0.717) is 11.0 Å². The Balaban J connectivity index is 2.09. The van der Waals surface area contributed by atoms with Gasteiger partial charge in [-0.15, -0.1) is 0 Å². The first kappa shape index (κ1) is 12.3. The molecule has 1 aromatic rings. The summed E-state index contributed by atoms with van der Waals surface area (Å²) in [5.74, 6) is 0.278. The monoisotopic (exact) mass is 301 g/mol. The molecule has 0 radical (unpaired) electrons. The molecule has 1 saturated heterocycles. The third-order valence-corrected chi connectivity index (χ3v) is 3.22. The van der Waals surface area contributed by atoms with Gasteiger partial charge in [-0.05, 0) is 34.8 Å². The van der Waals surface area contributed by atoms with E-state index in [0.717, 1.165) is 19.4 Å². The molecule has 1 N–H and O–H groups in total. The van der Waals surface area contributed by atoms with Crippen LogP contribution in [0.1, 0.15) is 12.8 Å². The molecule has 1 aliphatic rings. The summed E-state index contributed by atoms with van der Waals surface area (Å²) in [6, 6.07) is 1.55. The molecule has 1 aliphatic heterocycles. The van der Waals surface area contributed by atoms with Gasteiger partial charge in [0, 0.05) is 19.3 Å². The quantitative estimate of drug-likeness (QED) is 0.682. The average Bonchev–Trinajstić information content (AvgIpc) is 2.78. The lowest BCUT2D eigenvalue weighted by Gasteiger charge is -2.11. The van der Waals surface area contributed by atoms with E-state index >= 15 is 0 Å². The molecule has 0 aliphatic carbocycles. The van der Waals surface area contributed by atoms with Crippen molar-refractivity contribution in [3.05, 3.63) is 26.9 Å². The topological polar surface area (TPSA) is 77.3 Å². The zero-order chi connectivity index (χ0) is 12.3. The second-order valence-electron chi connectivity index (χ2n) is 3.76. The van der Waals surface area contributed by atoms with Crippen LogP contribution < -0.4 is 5.32 Å². The molecule has 0 spiro atoms. The minimum atomic E-state index is -0.449. The number of hydrogen-bond acceptors (Lipinski definition) is 5. The molecular weight excluding hydrogens is 290 g/mol. The third kappa shape index (κ3) is 2.92. The predicted octanol–water partition coefficient (Wildman–Crippen LogP) is 2.34. The number of nitrogens with zero attached hydrogens (tertiary/aromatic N) is 2. The highest BCUT2D eigenvalue weighted by molar-refractivity contribution is 9.10. The summed E-state index contributed by atoms with van der Waals surface area (Å²) in [4.78, 5) is 14.4. The molecule has 1 unspecified atom stereocenters. The van der Waals surface area contributed by atoms with E-state index < -0.39 is 4.92 Å². The molecular formula is C10H12BrN3O3. The van der Waals surface area contributed by atoms with Crippen molar-refractivity contribution in [1.29, 1.82) is 0 Å². The molecule has 0 amide bonds. The fraction of sp³-hybridized carbons (Fsp3) is 0.500. The number of rotatable bonds is 4. The number of nitro groups is 1. The maximum Gasteiger partial charge on any atom is 0.325 e. The van der Waals surface area contributed by atoms with Gasteiger partial charge >= 0.3 is 5.69 Å². The van der Waals surface area contributed by atoms with Crippen LogP contribution in [0.3, 0.4) is 0 Å². The first-order valence-electron chi connectivity index (χ1n) is 5.33. The minimum Gasteiger partial charge on any atom is -0.376 e. The molecule has 17 heavy (non-hydrogen) atoms. The molecule has 1 atom stereocenters. The van der Waals surface area contributed by atoms with Gasteiger partial charge in [0.05, 0.1) is 11.0 Å². The fourth-order valence-corrected chi connectivity index (χ4v) is 2.20. The van der Waals surface area contributed by atoms with Crippen molar-refractivity contribution < 1.29 is 9.66 Å². The maximum atomic E-state index is 10.9. The highest BCUT2D eigenvalue weighted by atomic mass is 79.9. The van der Waals surface area contributed by atoms with Crippen molar-refractivity contribution in [2.75, 3.05) is 18.5 Å². The molecule has 92 valence electrons. The Hall–Kier alpha value is -1.21. The van der Waals surface area contributed by atoms with E-state index in [-0.39, 0.29) is 17.6 Å². The van der Waals surface area contributed by atoms with Gasteiger partial charge < -0.3 is 10.1 Å². The van der Waals surface area contributed by atoms with Gasteiger partial charge in [0.2, 0.25) is 5.82 Å². The molecule has 2 rings (SSSR count). The summed E-state index contributed by atoms with van der Waals surface area (Å²) in [6.07, 6.45) is 3.67. The zero-order valence-corrected chi connectivity index (χ0v) is 10.6. The van der Waals surface area contributed by atoms with Crippen molar-refractivity contribution in [3.8, 4) is 0 Å². The SMILES string of the molecule is O=[N+]([O-])c1c(Br)ccnc1NCC1CCCO1. The van der Waals surface area contributed by atoms with Crippen LogP contribution in [0.15, 0.2) is 16.7 Å². The van der Waals surface area contributed by atoms with Gasteiger partial charge in [-0.25, -0.2) is 4.98 Å². The normalized spacial score (nSPS) is 19.2. The Kier molecular flexibility index (Phi) is 3.90. The van der Waals surface area contributed by atoms with E-state index in [1.807, 2.05) is 0 Å². The fourth-order valence-electron chi connectivity index (χ4n) is 1.75. The molecule has 1 fully saturated rings. The Morgan fingerprint density at radius 2 is 2.53 bits per heavy atom. The molecule has 0 aromatic carbocycles. The third-order valence-electron chi connectivity index (χ3n) is 2.58. The Morgan fingerprint density at radius 3 is 3.18 bits per heavy atom. The number of halogens is 1. The number of aromatic nitrogens is 1. The van der Waals surface area contributed by atoms with E-state index in [1.54, 1.807) is 6.07 Å². The number of anilines is 1. The van der Waals surface area contributed by atoms with Gasteiger partial charge in [-0.2, -0.15) is 0 Å². The lowest BCUT2D eigenvalue weighted by atomic mass is 10.2. The predicted molar refractivity (Wildman–Crippen MR) is 66.1 cm³/mol. The van der Waals surface area contributed by atoms with Crippen LogP contribution in [-0.2, 0) is 4.74 Å². The second-order valence-corrected chi connectivity index (χ2v) is 4.62. The first-order chi connectivity index (χ1) is 8.18. The highest BCUT2D eigenvalue weighted by Gasteiger charge is 2.21. The van der Waals surface area contributed by atoms with Gasteiger partial charge in [0.15, 0.2) is 0 Å². The van der Waals surface area contributed by atoms with Crippen molar-refractivity contribution in [2.24, 2.45) is 0 Å². The molecule has 1 aromatic heterocycles. The van der Waals surface area contributed by atoms with Crippen LogP contribution in [0.2, 0.25) is 0 Å². The molecule has 0 saturated carbocycles. The largest absolute Gasteiger partial charge is 0.376 e. The van der Waals surface area contributed by atoms with Crippen LogP contribution in [0, 0.1) is 10.1 Å². The van der Waals surface area contributed by atoms with Crippen molar-refractivity contribution in [1.82, 2.24) is 4.98 Å².